The van der Waals surface area contributed by atoms with Gasteiger partial charge in [0.05, 0.1) is 24.0 Å². The summed E-state index contributed by atoms with van der Waals surface area (Å²) >= 11 is 0. The lowest BCUT2D eigenvalue weighted by molar-refractivity contribution is -0.137. The van der Waals surface area contributed by atoms with Gasteiger partial charge >= 0.3 is 0 Å². The van der Waals surface area contributed by atoms with Crippen molar-refractivity contribution in [1.29, 1.82) is 15.8 Å². The van der Waals surface area contributed by atoms with Crippen molar-refractivity contribution in [2.24, 2.45) is 16.6 Å². The van der Waals surface area contributed by atoms with Gasteiger partial charge in [0.2, 0.25) is 11.3 Å². The number of allylic oxidation sites excluding steroid dienone is 2. The van der Waals surface area contributed by atoms with E-state index in [1.54, 1.807) is 0 Å². The molecule has 2 N–H and O–H groups in total. The number of hydrogen-bond donors (Lipinski definition) is 1. The Morgan fingerprint density at radius 3 is 2.35 bits per heavy atom. The van der Waals surface area contributed by atoms with Gasteiger partial charge in [-0.05, 0) is 26.2 Å². The molecule has 6 nitrogen and oxygen atoms in total. The molecule has 1 heterocycles. The molecule has 2 aliphatic rings. The van der Waals surface area contributed by atoms with Crippen molar-refractivity contribution in [2.75, 3.05) is 0 Å². The minimum absolute atomic E-state index is 0.451. The second-order valence-electron chi connectivity index (χ2n) is 5.13. The Labute approximate surface area is 117 Å². The van der Waals surface area contributed by atoms with Crippen LogP contribution in [0.2, 0.25) is 0 Å². The molecule has 0 radical (unpaired) electrons. The topological polar surface area (TPSA) is 124 Å². The van der Waals surface area contributed by atoms with Gasteiger partial charge in [0.15, 0.2) is 5.41 Å². The van der Waals surface area contributed by atoms with E-state index in [9.17, 15) is 20.6 Å². The average molecular weight is 270 g/mol. The highest BCUT2D eigenvalue weighted by molar-refractivity contribution is 5.88. The third kappa shape index (κ3) is 1.38. The number of nitriles is 3. The van der Waals surface area contributed by atoms with E-state index in [2.05, 4.69) is 0 Å². The number of carbonyl (C=O) groups is 1. The predicted octanol–water partition coefficient (Wildman–Crippen LogP) is 1.26. The van der Waals surface area contributed by atoms with E-state index in [4.69, 9.17) is 10.5 Å². The third-order valence-corrected chi connectivity index (χ3v) is 4.29. The van der Waals surface area contributed by atoms with E-state index in [1.807, 2.05) is 18.2 Å². The number of primary amides is 1. The lowest BCUT2D eigenvalue weighted by Crippen LogP contribution is -2.59. The van der Waals surface area contributed by atoms with Crippen LogP contribution in [0.25, 0.3) is 0 Å². The Morgan fingerprint density at radius 2 is 1.85 bits per heavy atom. The number of amides is 1. The predicted molar refractivity (Wildman–Crippen MR) is 66.9 cm³/mol. The van der Waals surface area contributed by atoms with Gasteiger partial charge in [-0.15, -0.1) is 0 Å². The van der Waals surface area contributed by atoms with Gasteiger partial charge in [0.25, 0.3) is 0 Å². The standard InChI is InChI=1S/C14H14N4O2/c1-9-14(8-17,12(18)19)13(6-15,7-16)10-4-2-3-5-11(10)20-9/h9H,2-5H2,1H3,(H2,18,19). The first kappa shape index (κ1) is 13.9. The molecule has 1 aliphatic carbocycles. The molecule has 0 aromatic heterocycles. The molecule has 1 aliphatic heterocycles. The Kier molecular flexibility index (Phi) is 3.16. The van der Waals surface area contributed by atoms with Crippen molar-refractivity contribution in [2.45, 2.75) is 38.7 Å². The molecule has 0 saturated carbocycles. The summed E-state index contributed by atoms with van der Waals surface area (Å²) in [4.78, 5) is 11.9. The van der Waals surface area contributed by atoms with E-state index in [1.165, 1.54) is 6.92 Å². The van der Waals surface area contributed by atoms with Crippen molar-refractivity contribution < 1.29 is 9.53 Å². The van der Waals surface area contributed by atoms with Crippen LogP contribution in [0.5, 0.6) is 0 Å². The Morgan fingerprint density at radius 1 is 1.25 bits per heavy atom. The molecule has 6 heteroatoms. The quantitative estimate of drug-likeness (QED) is 0.768. The number of ether oxygens (including phenoxy) is 1. The first-order chi connectivity index (χ1) is 9.50. The highest BCUT2D eigenvalue weighted by Gasteiger charge is 2.67. The molecule has 0 fully saturated rings. The molecule has 0 aromatic rings. The summed E-state index contributed by atoms with van der Waals surface area (Å²) in [6, 6.07) is 5.61. The fraction of sp³-hybridized carbons (Fsp3) is 0.571. The molecular weight excluding hydrogens is 256 g/mol. The summed E-state index contributed by atoms with van der Waals surface area (Å²) in [7, 11) is 0. The highest BCUT2D eigenvalue weighted by atomic mass is 16.5. The first-order valence-corrected chi connectivity index (χ1v) is 6.43. The van der Waals surface area contributed by atoms with Gasteiger partial charge in [0.1, 0.15) is 6.10 Å². The van der Waals surface area contributed by atoms with Crippen LogP contribution in [0, 0.1) is 44.8 Å². The summed E-state index contributed by atoms with van der Waals surface area (Å²) < 4.78 is 5.67. The normalized spacial score (nSPS) is 31.0. The number of hydrogen-bond acceptors (Lipinski definition) is 5. The number of nitrogens with two attached hydrogens (primary N) is 1. The van der Waals surface area contributed by atoms with Gasteiger partial charge < -0.3 is 10.5 Å². The van der Waals surface area contributed by atoms with Crippen LogP contribution < -0.4 is 5.73 Å². The Balaban J connectivity index is 2.82. The summed E-state index contributed by atoms with van der Waals surface area (Å²) in [6.45, 7) is 1.51. The molecule has 0 spiro atoms. The summed E-state index contributed by atoms with van der Waals surface area (Å²) in [5.74, 6) is -0.424. The molecule has 2 atom stereocenters. The maximum atomic E-state index is 11.9. The van der Waals surface area contributed by atoms with E-state index in [-0.39, 0.29) is 0 Å². The summed E-state index contributed by atoms with van der Waals surface area (Å²) in [6.07, 6.45) is 1.85. The molecule has 102 valence electrons. The van der Waals surface area contributed by atoms with Crippen LogP contribution in [0.1, 0.15) is 32.6 Å². The molecule has 0 saturated heterocycles. The van der Waals surface area contributed by atoms with E-state index >= 15 is 0 Å². The average Bonchev–Trinajstić information content (AvgIpc) is 2.45. The second kappa shape index (κ2) is 4.54. The van der Waals surface area contributed by atoms with Crippen molar-refractivity contribution in [3.05, 3.63) is 11.3 Å². The van der Waals surface area contributed by atoms with Crippen LogP contribution in [0.15, 0.2) is 11.3 Å². The number of rotatable bonds is 1. The fourth-order valence-electron chi connectivity index (χ4n) is 3.20. The van der Waals surface area contributed by atoms with Gasteiger partial charge in [-0.25, -0.2) is 0 Å². The van der Waals surface area contributed by atoms with Gasteiger partial charge in [-0.3, -0.25) is 4.79 Å². The highest BCUT2D eigenvalue weighted by Crippen LogP contribution is 2.55. The van der Waals surface area contributed by atoms with Crippen molar-refractivity contribution in [3.63, 3.8) is 0 Å². The van der Waals surface area contributed by atoms with Gasteiger partial charge in [-0.1, -0.05) is 0 Å². The molecule has 20 heavy (non-hydrogen) atoms. The third-order valence-electron chi connectivity index (χ3n) is 4.29. The smallest absolute Gasteiger partial charge is 0.244 e. The molecule has 0 bridgehead atoms. The zero-order valence-electron chi connectivity index (χ0n) is 11.1. The Hall–Kier alpha value is -2.52. The van der Waals surface area contributed by atoms with Gasteiger partial charge in [-0.2, -0.15) is 15.8 Å². The fourth-order valence-corrected chi connectivity index (χ4v) is 3.20. The van der Waals surface area contributed by atoms with Crippen LogP contribution in [0.3, 0.4) is 0 Å². The molecule has 2 unspecified atom stereocenters. The molecule has 1 amide bonds. The Bertz CT molecular complexity index is 603. The lowest BCUT2D eigenvalue weighted by atomic mass is 9.55. The SMILES string of the molecule is CC1OC2=C(CCCC2)C(C#N)(C#N)C1(C#N)C(N)=O. The number of nitrogens with zero attached hydrogens (tertiary/aromatic N) is 3. The van der Waals surface area contributed by atoms with Gasteiger partial charge in [0, 0.05) is 12.0 Å². The summed E-state index contributed by atoms with van der Waals surface area (Å²) in [5.41, 5.74) is 2.00. The zero-order chi connectivity index (χ0) is 15.0. The van der Waals surface area contributed by atoms with Crippen LogP contribution in [-0.2, 0) is 9.53 Å². The van der Waals surface area contributed by atoms with Crippen molar-refractivity contribution in [1.82, 2.24) is 0 Å². The molecule has 2 rings (SSSR count). The monoisotopic (exact) mass is 270 g/mol. The second-order valence-corrected chi connectivity index (χ2v) is 5.13. The minimum Gasteiger partial charge on any atom is -0.493 e. The lowest BCUT2D eigenvalue weighted by Gasteiger charge is -2.46. The maximum absolute atomic E-state index is 11.9. The maximum Gasteiger partial charge on any atom is 0.244 e. The van der Waals surface area contributed by atoms with E-state index < -0.39 is 22.8 Å². The van der Waals surface area contributed by atoms with Crippen molar-refractivity contribution in [3.8, 4) is 18.2 Å². The number of carbonyl (C=O) groups excluding carboxylic acids is 1. The van der Waals surface area contributed by atoms with Crippen molar-refractivity contribution >= 4 is 5.91 Å². The van der Waals surface area contributed by atoms with Crippen LogP contribution in [0.4, 0.5) is 0 Å². The minimum atomic E-state index is -1.98. The van der Waals surface area contributed by atoms with Crippen LogP contribution in [-0.4, -0.2) is 12.0 Å². The summed E-state index contributed by atoms with van der Waals surface area (Å²) in [5, 5.41) is 28.7. The van der Waals surface area contributed by atoms with E-state index in [0.717, 1.165) is 12.8 Å². The van der Waals surface area contributed by atoms with Crippen LogP contribution >= 0.6 is 0 Å². The largest absolute Gasteiger partial charge is 0.493 e. The first-order valence-electron chi connectivity index (χ1n) is 6.43. The molecule has 0 aromatic carbocycles. The molecular formula is C14H14N4O2. The van der Waals surface area contributed by atoms with E-state index in [0.29, 0.717) is 24.2 Å². The zero-order valence-corrected chi connectivity index (χ0v) is 11.1.